The lowest BCUT2D eigenvalue weighted by Gasteiger charge is -2.29. The van der Waals surface area contributed by atoms with E-state index >= 15 is 0 Å². The summed E-state index contributed by atoms with van der Waals surface area (Å²) in [6.07, 6.45) is 0.532. The Balaban J connectivity index is 3.17. The summed E-state index contributed by atoms with van der Waals surface area (Å²) in [6, 6.07) is 5.22. The molecule has 0 unspecified atom stereocenters. The molecule has 0 aromatic heterocycles. The van der Waals surface area contributed by atoms with E-state index in [2.05, 4.69) is 4.72 Å². The van der Waals surface area contributed by atoms with Crippen LogP contribution in [0, 0.1) is 13.8 Å². The number of rotatable bonds is 6. The maximum absolute atomic E-state index is 12.4. The van der Waals surface area contributed by atoms with E-state index in [0.29, 0.717) is 12.0 Å². The first-order valence-corrected chi connectivity index (χ1v) is 8.58. The predicted molar refractivity (Wildman–Crippen MR) is 80.7 cm³/mol. The molecule has 1 aromatic carbocycles. The topological polar surface area (TPSA) is 46.2 Å². The van der Waals surface area contributed by atoms with E-state index in [4.69, 9.17) is 23.2 Å². The summed E-state index contributed by atoms with van der Waals surface area (Å²) in [4.78, 5) is 0.270. The first kappa shape index (κ1) is 16.8. The molecule has 0 aliphatic rings. The molecular formula is C13H19Cl2NO2S. The van der Waals surface area contributed by atoms with Gasteiger partial charge in [0.1, 0.15) is 0 Å². The summed E-state index contributed by atoms with van der Waals surface area (Å²) in [6.45, 7) is 5.55. The van der Waals surface area contributed by atoms with E-state index in [0.717, 1.165) is 5.56 Å². The van der Waals surface area contributed by atoms with Crippen molar-refractivity contribution in [2.45, 2.75) is 37.6 Å². The lowest BCUT2D eigenvalue weighted by atomic mass is 10.0. The van der Waals surface area contributed by atoms with Gasteiger partial charge in [0.25, 0.3) is 0 Å². The van der Waals surface area contributed by atoms with Crippen molar-refractivity contribution >= 4 is 33.2 Å². The maximum Gasteiger partial charge on any atom is 0.241 e. The summed E-state index contributed by atoms with van der Waals surface area (Å²) in [5, 5.41) is 0. The normalized spacial score (nSPS) is 12.7. The van der Waals surface area contributed by atoms with Gasteiger partial charge in [0, 0.05) is 11.8 Å². The molecule has 0 saturated carbocycles. The highest BCUT2D eigenvalue weighted by molar-refractivity contribution is 7.89. The van der Waals surface area contributed by atoms with Gasteiger partial charge in [-0.15, -0.1) is 23.2 Å². The van der Waals surface area contributed by atoms with Gasteiger partial charge in [-0.1, -0.05) is 24.6 Å². The van der Waals surface area contributed by atoms with E-state index in [1.807, 2.05) is 19.9 Å². The second-order valence-corrected chi connectivity index (χ2v) is 6.96. The lowest BCUT2D eigenvalue weighted by molar-refractivity contribution is 0.449. The van der Waals surface area contributed by atoms with Gasteiger partial charge in [-0.3, -0.25) is 0 Å². The van der Waals surface area contributed by atoms with Crippen molar-refractivity contribution in [3.63, 3.8) is 0 Å². The number of halogens is 2. The van der Waals surface area contributed by atoms with Gasteiger partial charge in [-0.05, 0) is 31.9 Å². The molecule has 3 nitrogen and oxygen atoms in total. The summed E-state index contributed by atoms with van der Waals surface area (Å²) in [5.41, 5.74) is 0.925. The van der Waals surface area contributed by atoms with E-state index in [9.17, 15) is 8.42 Å². The average molecular weight is 324 g/mol. The van der Waals surface area contributed by atoms with Crippen molar-refractivity contribution in [3.05, 3.63) is 29.3 Å². The maximum atomic E-state index is 12.4. The van der Waals surface area contributed by atoms with Crippen molar-refractivity contribution in [2.75, 3.05) is 11.8 Å². The fourth-order valence-electron chi connectivity index (χ4n) is 1.79. The van der Waals surface area contributed by atoms with E-state index in [1.54, 1.807) is 19.1 Å². The second-order valence-electron chi connectivity index (χ2n) is 4.78. The quantitative estimate of drug-likeness (QED) is 0.817. The molecule has 6 heteroatoms. The molecule has 1 aromatic rings. The minimum Gasteiger partial charge on any atom is -0.207 e. The van der Waals surface area contributed by atoms with Gasteiger partial charge in [0.2, 0.25) is 10.0 Å². The fourth-order valence-corrected chi connectivity index (χ4v) is 4.45. The highest BCUT2D eigenvalue weighted by atomic mass is 35.5. The smallest absolute Gasteiger partial charge is 0.207 e. The van der Waals surface area contributed by atoms with Gasteiger partial charge in [-0.25, -0.2) is 13.1 Å². The zero-order valence-corrected chi connectivity index (χ0v) is 13.7. The van der Waals surface area contributed by atoms with Gasteiger partial charge in [0.15, 0.2) is 0 Å². The van der Waals surface area contributed by atoms with Crippen LogP contribution in [0.4, 0.5) is 0 Å². The molecule has 0 spiro atoms. The van der Waals surface area contributed by atoms with Gasteiger partial charge in [0.05, 0.1) is 10.4 Å². The molecular weight excluding hydrogens is 305 g/mol. The molecule has 1 rings (SSSR count). The number of nitrogens with one attached hydrogen (secondary N) is 1. The van der Waals surface area contributed by atoms with Crippen LogP contribution in [0.2, 0.25) is 0 Å². The Labute approximate surface area is 125 Å². The highest BCUT2D eigenvalue weighted by Crippen LogP contribution is 2.22. The fraction of sp³-hybridized carbons (Fsp3) is 0.538. The number of alkyl halides is 2. The third-order valence-electron chi connectivity index (χ3n) is 3.16. The monoisotopic (exact) mass is 323 g/mol. The molecule has 0 aliphatic carbocycles. The molecule has 0 saturated heterocycles. The molecule has 0 atom stereocenters. The van der Waals surface area contributed by atoms with Crippen LogP contribution in [0.5, 0.6) is 0 Å². The Bertz CT molecular complexity index is 531. The van der Waals surface area contributed by atoms with Crippen LogP contribution in [0.15, 0.2) is 23.1 Å². The Morgan fingerprint density at radius 2 is 1.79 bits per heavy atom. The predicted octanol–water partition coefficient (Wildman–Crippen LogP) is 3.21. The average Bonchev–Trinajstić information content (AvgIpc) is 2.35. The summed E-state index contributed by atoms with van der Waals surface area (Å²) < 4.78 is 27.5. The molecule has 108 valence electrons. The van der Waals surface area contributed by atoms with E-state index < -0.39 is 15.6 Å². The lowest BCUT2D eigenvalue weighted by Crippen LogP contribution is -2.51. The van der Waals surface area contributed by atoms with Crippen LogP contribution in [0.1, 0.15) is 24.5 Å². The van der Waals surface area contributed by atoms with Crippen molar-refractivity contribution in [3.8, 4) is 0 Å². The summed E-state index contributed by atoms with van der Waals surface area (Å²) >= 11 is 11.7. The highest BCUT2D eigenvalue weighted by Gasteiger charge is 2.32. The molecule has 0 amide bonds. The molecule has 0 fully saturated rings. The minimum atomic E-state index is -3.62. The van der Waals surface area contributed by atoms with Crippen LogP contribution < -0.4 is 4.72 Å². The molecule has 0 radical (unpaired) electrons. The van der Waals surface area contributed by atoms with Crippen LogP contribution in [-0.4, -0.2) is 25.7 Å². The van der Waals surface area contributed by atoms with Gasteiger partial charge in [-0.2, -0.15) is 0 Å². The first-order valence-electron chi connectivity index (χ1n) is 6.03. The zero-order chi connectivity index (χ0) is 14.7. The SMILES string of the molecule is CCC(CCl)(CCl)NS(=O)(=O)c1ccc(C)cc1C. The van der Waals surface area contributed by atoms with Crippen LogP contribution >= 0.6 is 23.2 Å². The first-order chi connectivity index (χ1) is 8.80. The van der Waals surface area contributed by atoms with Crippen LogP contribution in [0.25, 0.3) is 0 Å². The molecule has 0 bridgehead atoms. The standard InChI is InChI=1S/C13H19Cl2NO2S/c1-4-13(8-14,9-15)16-19(17,18)12-6-5-10(2)7-11(12)3/h5-7,16H,4,8-9H2,1-3H3. The molecule has 0 aliphatic heterocycles. The second kappa shape index (κ2) is 6.44. The zero-order valence-electron chi connectivity index (χ0n) is 11.3. The number of benzene rings is 1. The largest absolute Gasteiger partial charge is 0.241 e. The molecule has 0 heterocycles. The molecule has 1 N–H and O–H groups in total. The summed E-state index contributed by atoms with van der Waals surface area (Å²) in [7, 11) is -3.62. The summed E-state index contributed by atoms with van der Waals surface area (Å²) in [5.74, 6) is 0.272. The van der Waals surface area contributed by atoms with Crippen molar-refractivity contribution < 1.29 is 8.42 Å². The van der Waals surface area contributed by atoms with Crippen molar-refractivity contribution in [2.24, 2.45) is 0 Å². The van der Waals surface area contributed by atoms with Gasteiger partial charge >= 0.3 is 0 Å². The Kier molecular flexibility index (Phi) is 5.68. The number of hydrogen-bond acceptors (Lipinski definition) is 2. The third kappa shape index (κ3) is 3.85. The van der Waals surface area contributed by atoms with Crippen molar-refractivity contribution in [1.82, 2.24) is 4.72 Å². The minimum absolute atomic E-state index is 0.136. The number of aryl methyl sites for hydroxylation is 2. The third-order valence-corrected chi connectivity index (χ3v) is 5.92. The van der Waals surface area contributed by atoms with E-state index in [1.165, 1.54) is 0 Å². The molecule has 19 heavy (non-hydrogen) atoms. The number of sulfonamides is 1. The number of hydrogen-bond donors (Lipinski definition) is 1. The van der Waals surface area contributed by atoms with Gasteiger partial charge < -0.3 is 0 Å². The van der Waals surface area contributed by atoms with Crippen LogP contribution in [-0.2, 0) is 10.0 Å². The Morgan fingerprint density at radius 1 is 1.21 bits per heavy atom. The van der Waals surface area contributed by atoms with Crippen LogP contribution in [0.3, 0.4) is 0 Å². The Hall–Kier alpha value is -0.290. The Morgan fingerprint density at radius 3 is 2.21 bits per heavy atom. The van der Waals surface area contributed by atoms with E-state index in [-0.39, 0.29) is 16.7 Å². The van der Waals surface area contributed by atoms with Crippen molar-refractivity contribution in [1.29, 1.82) is 0 Å².